The molecule has 0 radical (unpaired) electrons. The molecular weight excluding hydrogens is 346 g/mol. The van der Waals surface area contributed by atoms with Gasteiger partial charge in [0, 0.05) is 11.8 Å². The summed E-state index contributed by atoms with van der Waals surface area (Å²) in [6.45, 7) is 1.97. The van der Waals surface area contributed by atoms with E-state index in [1.54, 1.807) is 23.9 Å². The van der Waals surface area contributed by atoms with Crippen LogP contribution in [-0.4, -0.2) is 32.6 Å². The molecule has 122 valence electrons. The highest BCUT2D eigenvalue weighted by Gasteiger charge is 2.24. The van der Waals surface area contributed by atoms with Gasteiger partial charge in [-0.05, 0) is 25.1 Å². The van der Waals surface area contributed by atoms with E-state index in [1.807, 2.05) is 30.3 Å². The molecule has 8 heteroatoms. The first-order valence-electron chi connectivity index (χ1n) is 7.15. The molecule has 1 N–H and O–H groups in total. The summed E-state index contributed by atoms with van der Waals surface area (Å²) in [7, 11) is 0. The smallest absolute Gasteiger partial charge is 0.359 e. The molecule has 2 aromatic rings. The van der Waals surface area contributed by atoms with Crippen LogP contribution in [0.5, 0.6) is 0 Å². The summed E-state index contributed by atoms with van der Waals surface area (Å²) in [4.78, 5) is 24.4. The molecule has 1 aliphatic heterocycles. The van der Waals surface area contributed by atoms with E-state index < -0.39 is 5.97 Å². The molecular formula is C16H13N3O3S2. The fraction of sp³-hybridized carbons (Fsp3) is 0.125. The second-order valence-corrected chi connectivity index (χ2v) is 6.50. The van der Waals surface area contributed by atoms with Crippen molar-refractivity contribution in [2.75, 3.05) is 6.61 Å². The zero-order valence-corrected chi connectivity index (χ0v) is 14.3. The third-order valence-electron chi connectivity index (χ3n) is 3.16. The zero-order chi connectivity index (χ0) is 17.1. The van der Waals surface area contributed by atoms with Crippen molar-refractivity contribution >= 4 is 46.3 Å². The van der Waals surface area contributed by atoms with Crippen LogP contribution >= 0.6 is 24.0 Å². The number of nitrogens with zero attached hydrogens (tertiary/aromatic N) is 2. The number of carbonyl (C=O) groups is 2. The van der Waals surface area contributed by atoms with Crippen LogP contribution in [0.2, 0.25) is 0 Å². The van der Waals surface area contributed by atoms with Crippen molar-refractivity contribution in [2.24, 2.45) is 0 Å². The Bertz CT molecular complexity index is 844. The molecule has 1 fully saturated rings. The SMILES string of the molecule is CCOC(=O)c1nn(-c2ccccc2)cc1C=C1SC(=S)NC1=O. The van der Waals surface area contributed by atoms with E-state index in [1.165, 1.54) is 0 Å². The third-order valence-corrected chi connectivity index (χ3v) is 4.32. The molecule has 1 aromatic carbocycles. The first-order valence-corrected chi connectivity index (χ1v) is 8.38. The summed E-state index contributed by atoms with van der Waals surface area (Å²) in [5.74, 6) is -0.822. The average molecular weight is 359 g/mol. The summed E-state index contributed by atoms with van der Waals surface area (Å²) in [5.41, 5.74) is 1.45. The quantitative estimate of drug-likeness (QED) is 0.514. The van der Waals surface area contributed by atoms with Crippen molar-refractivity contribution in [1.29, 1.82) is 0 Å². The largest absolute Gasteiger partial charge is 0.461 e. The van der Waals surface area contributed by atoms with Crippen LogP contribution in [0, 0.1) is 0 Å². The average Bonchev–Trinajstić information content (AvgIpc) is 3.12. The maximum absolute atomic E-state index is 12.2. The maximum atomic E-state index is 12.2. The van der Waals surface area contributed by atoms with Crippen LogP contribution in [0.25, 0.3) is 11.8 Å². The van der Waals surface area contributed by atoms with Crippen molar-refractivity contribution in [3.63, 3.8) is 0 Å². The summed E-state index contributed by atoms with van der Waals surface area (Å²) in [6, 6.07) is 9.37. The van der Waals surface area contributed by atoms with Crippen molar-refractivity contribution in [1.82, 2.24) is 15.1 Å². The highest BCUT2D eigenvalue weighted by molar-refractivity contribution is 8.26. The number of amides is 1. The number of thiocarbonyl (C=S) groups is 1. The van der Waals surface area contributed by atoms with Gasteiger partial charge in [-0.1, -0.05) is 42.2 Å². The molecule has 1 aliphatic rings. The van der Waals surface area contributed by atoms with Crippen LogP contribution in [0.4, 0.5) is 0 Å². The topological polar surface area (TPSA) is 73.2 Å². The van der Waals surface area contributed by atoms with E-state index in [-0.39, 0.29) is 18.2 Å². The predicted molar refractivity (Wildman–Crippen MR) is 95.8 cm³/mol. The first-order chi connectivity index (χ1) is 11.6. The van der Waals surface area contributed by atoms with Gasteiger partial charge >= 0.3 is 5.97 Å². The molecule has 0 atom stereocenters. The van der Waals surface area contributed by atoms with Crippen molar-refractivity contribution in [2.45, 2.75) is 6.92 Å². The molecule has 24 heavy (non-hydrogen) atoms. The Hall–Kier alpha value is -2.45. The van der Waals surface area contributed by atoms with E-state index >= 15 is 0 Å². The molecule has 3 rings (SSSR count). The van der Waals surface area contributed by atoms with Gasteiger partial charge < -0.3 is 10.1 Å². The number of para-hydroxylation sites is 1. The number of thioether (sulfide) groups is 1. The number of hydrogen-bond donors (Lipinski definition) is 1. The Morgan fingerprint density at radius 1 is 1.42 bits per heavy atom. The van der Waals surface area contributed by atoms with Crippen LogP contribution in [0.1, 0.15) is 23.0 Å². The lowest BCUT2D eigenvalue weighted by molar-refractivity contribution is -0.115. The second-order valence-electron chi connectivity index (χ2n) is 4.79. The molecule has 0 saturated carbocycles. The van der Waals surface area contributed by atoms with Gasteiger partial charge in [0.2, 0.25) is 0 Å². The summed E-state index contributed by atoms with van der Waals surface area (Å²) < 4.78 is 7.02. The van der Waals surface area contributed by atoms with Gasteiger partial charge in [0.05, 0.1) is 17.2 Å². The highest BCUT2D eigenvalue weighted by Crippen LogP contribution is 2.27. The van der Waals surface area contributed by atoms with Crippen molar-refractivity contribution < 1.29 is 14.3 Å². The molecule has 0 bridgehead atoms. The summed E-state index contributed by atoms with van der Waals surface area (Å²) >= 11 is 6.13. The minimum atomic E-state index is -0.537. The van der Waals surface area contributed by atoms with Gasteiger partial charge in [-0.15, -0.1) is 0 Å². The summed E-state index contributed by atoms with van der Waals surface area (Å²) in [5, 5.41) is 6.85. The molecule has 1 aromatic heterocycles. The molecule has 6 nitrogen and oxygen atoms in total. The molecule has 0 aliphatic carbocycles. The van der Waals surface area contributed by atoms with Crippen molar-refractivity contribution in [3.8, 4) is 5.69 Å². The van der Waals surface area contributed by atoms with Crippen LogP contribution in [-0.2, 0) is 9.53 Å². The van der Waals surface area contributed by atoms with Gasteiger partial charge in [0.25, 0.3) is 5.91 Å². The third kappa shape index (κ3) is 3.39. The van der Waals surface area contributed by atoms with Gasteiger partial charge in [-0.3, -0.25) is 4.79 Å². The van der Waals surface area contributed by atoms with Gasteiger partial charge in [-0.25, -0.2) is 9.48 Å². The second kappa shape index (κ2) is 6.98. The lowest BCUT2D eigenvalue weighted by atomic mass is 10.2. The Balaban J connectivity index is 2.05. The van der Waals surface area contributed by atoms with E-state index in [9.17, 15) is 9.59 Å². The minimum Gasteiger partial charge on any atom is -0.461 e. The molecule has 1 saturated heterocycles. The van der Waals surface area contributed by atoms with E-state index in [4.69, 9.17) is 17.0 Å². The van der Waals surface area contributed by atoms with E-state index in [0.717, 1.165) is 17.4 Å². The van der Waals surface area contributed by atoms with Gasteiger partial charge in [0.15, 0.2) is 5.69 Å². The number of carbonyl (C=O) groups excluding carboxylic acids is 2. The Labute approximate surface area is 147 Å². The van der Waals surface area contributed by atoms with E-state index in [0.29, 0.717) is 14.8 Å². The zero-order valence-electron chi connectivity index (χ0n) is 12.7. The molecule has 0 spiro atoms. The van der Waals surface area contributed by atoms with Crippen LogP contribution in [0.15, 0.2) is 41.4 Å². The number of esters is 1. The fourth-order valence-electron chi connectivity index (χ4n) is 2.13. The van der Waals surface area contributed by atoms with Gasteiger partial charge in [0.1, 0.15) is 4.32 Å². The Morgan fingerprint density at radius 3 is 2.79 bits per heavy atom. The number of ether oxygens (including phenoxy) is 1. The van der Waals surface area contributed by atoms with Gasteiger partial charge in [-0.2, -0.15) is 5.10 Å². The molecule has 1 amide bonds. The molecule has 0 unspecified atom stereocenters. The lowest BCUT2D eigenvalue weighted by Gasteiger charge is -2.00. The maximum Gasteiger partial charge on any atom is 0.359 e. The van der Waals surface area contributed by atoms with Crippen LogP contribution in [0.3, 0.4) is 0 Å². The minimum absolute atomic E-state index is 0.152. The number of aromatic nitrogens is 2. The lowest BCUT2D eigenvalue weighted by Crippen LogP contribution is -2.17. The number of nitrogens with one attached hydrogen (secondary N) is 1. The number of hydrogen-bond acceptors (Lipinski definition) is 6. The van der Waals surface area contributed by atoms with Crippen LogP contribution < -0.4 is 5.32 Å². The molecule has 2 heterocycles. The predicted octanol–water partition coefficient (Wildman–Crippen LogP) is 2.54. The highest BCUT2D eigenvalue weighted by atomic mass is 32.2. The first kappa shape index (κ1) is 16.4. The standard InChI is InChI=1S/C16H13N3O3S2/c1-2-22-15(21)13-10(8-12-14(20)17-16(23)24-12)9-19(18-13)11-6-4-3-5-7-11/h3-9H,2H2,1H3,(H,17,20,23). The number of rotatable bonds is 4. The number of benzene rings is 1. The fourth-order valence-corrected chi connectivity index (χ4v) is 3.16. The van der Waals surface area contributed by atoms with Crippen molar-refractivity contribution in [3.05, 3.63) is 52.7 Å². The Kier molecular flexibility index (Phi) is 4.77. The Morgan fingerprint density at radius 2 is 2.17 bits per heavy atom. The monoisotopic (exact) mass is 359 g/mol. The normalized spacial score (nSPS) is 15.6. The summed E-state index contributed by atoms with van der Waals surface area (Å²) in [6.07, 6.45) is 3.28. The van der Waals surface area contributed by atoms with E-state index in [2.05, 4.69) is 10.4 Å².